The summed E-state index contributed by atoms with van der Waals surface area (Å²) in [5, 5.41) is 13.2. The number of fused-ring (bicyclic) bond motifs is 1. The van der Waals surface area contributed by atoms with Crippen molar-refractivity contribution in [2.45, 2.75) is 31.6 Å². The fourth-order valence-electron chi connectivity index (χ4n) is 3.09. The van der Waals surface area contributed by atoms with Gasteiger partial charge in [-0.1, -0.05) is 0 Å². The molecule has 0 unspecified atom stereocenters. The van der Waals surface area contributed by atoms with E-state index in [-0.39, 0.29) is 29.9 Å². The normalized spacial score (nSPS) is 22.5. The number of nitrogens with zero attached hydrogens (tertiary/aromatic N) is 2. The van der Waals surface area contributed by atoms with Crippen LogP contribution in [-0.4, -0.2) is 16.6 Å². The van der Waals surface area contributed by atoms with Crippen LogP contribution in [0.25, 0.3) is 10.2 Å². The van der Waals surface area contributed by atoms with Gasteiger partial charge in [-0.25, -0.2) is 4.98 Å². The van der Waals surface area contributed by atoms with Crippen LogP contribution in [-0.2, 0) is 0 Å². The zero-order valence-corrected chi connectivity index (χ0v) is 12.2. The highest BCUT2D eigenvalue weighted by Gasteiger charge is 2.32. The summed E-state index contributed by atoms with van der Waals surface area (Å²) in [7, 11) is 0. The number of aromatic nitrogens is 1. The van der Waals surface area contributed by atoms with Crippen LogP contribution in [0.3, 0.4) is 0 Å². The second-order valence-electron chi connectivity index (χ2n) is 5.52. The van der Waals surface area contributed by atoms with Gasteiger partial charge in [-0.2, -0.15) is 0 Å². The van der Waals surface area contributed by atoms with Crippen molar-refractivity contribution >= 4 is 32.9 Å². The number of hydrogen-bond acceptors (Lipinski definition) is 5. The molecule has 2 aromatic heterocycles. The van der Waals surface area contributed by atoms with Crippen LogP contribution in [0, 0.1) is 16.0 Å². The maximum atomic E-state index is 12.7. The predicted octanol–water partition coefficient (Wildman–Crippen LogP) is 4.03. The Balaban J connectivity index is 2.04. The van der Waals surface area contributed by atoms with Gasteiger partial charge in [0, 0.05) is 5.92 Å². The average Bonchev–Trinajstić information content (AvgIpc) is 2.95. The van der Waals surface area contributed by atoms with Gasteiger partial charge < -0.3 is 5.73 Å². The van der Waals surface area contributed by atoms with E-state index in [4.69, 9.17) is 5.73 Å². The molecule has 1 aliphatic rings. The Bertz CT molecular complexity index is 680. The van der Waals surface area contributed by atoms with Crippen molar-refractivity contribution in [3.05, 3.63) is 27.3 Å². The summed E-state index contributed by atoms with van der Waals surface area (Å²) in [5.41, 5.74) is 7.33. The van der Waals surface area contributed by atoms with Crippen LogP contribution >= 0.6 is 11.3 Å². The molecule has 3 rings (SSSR count). The molecule has 2 aromatic rings. The number of thiophene rings is 1. The van der Waals surface area contributed by atoms with Gasteiger partial charge in [-0.3, -0.25) is 14.5 Å². The van der Waals surface area contributed by atoms with Crippen molar-refractivity contribution in [2.75, 3.05) is 12.4 Å². The van der Waals surface area contributed by atoms with Crippen molar-refractivity contribution in [3.63, 3.8) is 0 Å². The highest BCUT2D eigenvalue weighted by molar-refractivity contribution is 7.17. The molecule has 0 aromatic carbocycles. The largest absolute Gasteiger partial charge is 0.392 e. The molecule has 0 atom stereocenters. The Labute approximate surface area is 125 Å². The van der Waals surface area contributed by atoms with Crippen LogP contribution < -0.4 is 5.73 Å². The molecule has 1 aliphatic carbocycles. The first kappa shape index (κ1) is 14.2. The van der Waals surface area contributed by atoms with E-state index in [1.807, 2.05) is 11.4 Å². The molecule has 7 heteroatoms. The molecule has 0 radical (unpaired) electrons. The fourth-order valence-corrected chi connectivity index (χ4v) is 3.88. The molecule has 112 valence electrons. The first-order valence-corrected chi connectivity index (χ1v) is 7.86. The first-order chi connectivity index (χ1) is 10.1. The standard InChI is InChI=1S/C14H16FN3O2S/c15-7-8-1-3-9(4-2-8)12-13(18(19)20)11(16)14-10(17-12)5-6-21-14/h5-6,8-9H,1-4,7H2,(H2,16,17). The van der Waals surface area contributed by atoms with E-state index in [1.165, 1.54) is 11.3 Å². The van der Waals surface area contributed by atoms with Crippen molar-refractivity contribution in [1.29, 1.82) is 0 Å². The Morgan fingerprint density at radius 3 is 2.76 bits per heavy atom. The molecule has 2 N–H and O–H groups in total. The average molecular weight is 309 g/mol. The Kier molecular flexibility index (Phi) is 3.75. The molecule has 0 aliphatic heterocycles. The van der Waals surface area contributed by atoms with E-state index in [2.05, 4.69) is 4.98 Å². The van der Waals surface area contributed by atoms with Crippen LogP contribution in [0.4, 0.5) is 15.8 Å². The SMILES string of the molecule is Nc1c([N+](=O)[O-])c(C2CCC(CF)CC2)nc2ccsc12. The number of halogens is 1. The molecule has 1 fully saturated rings. The maximum Gasteiger partial charge on any atom is 0.315 e. The number of alkyl halides is 1. The molecule has 0 amide bonds. The van der Waals surface area contributed by atoms with Crippen molar-refractivity contribution in [3.8, 4) is 0 Å². The van der Waals surface area contributed by atoms with Gasteiger partial charge >= 0.3 is 5.69 Å². The summed E-state index contributed by atoms with van der Waals surface area (Å²) < 4.78 is 13.4. The monoisotopic (exact) mass is 309 g/mol. The molecular formula is C14H16FN3O2S. The van der Waals surface area contributed by atoms with E-state index >= 15 is 0 Å². The van der Waals surface area contributed by atoms with Crippen LogP contribution in [0.5, 0.6) is 0 Å². The molecule has 0 bridgehead atoms. The predicted molar refractivity (Wildman–Crippen MR) is 81.4 cm³/mol. The van der Waals surface area contributed by atoms with E-state index in [1.54, 1.807) is 0 Å². The summed E-state index contributed by atoms with van der Waals surface area (Å²) in [5.74, 6) is 0.0855. The Morgan fingerprint density at radius 2 is 2.14 bits per heavy atom. The number of nitrogen functional groups attached to an aromatic ring is 1. The lowest BCUT2D eigenvalue weighted by atomic mass is 9.80. The third-order valence-electron chi connectivity index (χ3n) is 4.26. The minimum Gasteiger partial charge on any atom is -0.392 e. The fraction of sp³-hybridized carbons (Fsp3) is 0.500. The van der Waals surface area contributed by atoms with Crippen LogP contribution in [0.2, 0.25) is 0 Å². The summed E-state index contributed by atoms with van der Waals surface area (Å²) in [6.07, 6.45) is 2.97. The number of anilines is 1. The number of nitro groups is 1. The molecule has 0 saturated heterocycles. The van der Waals surface area contributed by atoms with E-state index < -0.39 is 4.92 Å². The summed E-state index contributed by atoms with van der Waals surface area (Å²) >= 11 is 1.36. The topological polar surface area (TPSA) is 82.0 Å². The van der Waals surface area contributed by atoms with Gasteiger partial charge in [0.2, 0.25) is 0 Å². The Morgan fingerprint density at radius 1 is 1.43 bits per heavy atom. The molecule has 21 heavy (non-hydrogen) atoms. The second-order valence-corrected chi connectivity index (χ2v) is 6.44. The van der Waals surface area contributed by atoms with E-state index in [9.17, 15) is 14.5 Å². The minimum atomic E-state index is -0.432. The zero-order valence-electron chi connectivity index (χ0n) is 11.4. The number of pyridine rings is 1. The Hall–Kier alpha value is -1.76. The van der Waals surface area contributed by atoms with E-state index in [0.29, 0.717) is 15.9 Å². The van der Waals surface area contributed by atoms with Crippen LogP contribution in [0.15, 0.2) is 11.4 Å². The molecule has 5 nitrogen and oxygen atoms in total. The second kappa shape index (κ2) is 5.55. The molecule has 0 spiro atoms. The van der Waals surface area contributed by atoms with Gasteiger partial charge in [0.1, 0.15) is 11.4 Å². The molecule has 1 saturated carbocycles. The lowest BCUT2D eigenvalue weighted by Crippen LogP contribution is -2.17. The minimum absolute atomic E-state index is 0.000185. The molecule has 2 heterocycles. The lowest BCUT2D eigenvalue weighted by molar-refractivity contribution is -0.385. The van der Waals surface area contributed by atoms with Gasteiger partial charge in [0.05, 0.1) is 21.8 Å². The van der Waals surface area contributed by atoms with Gasteiger partial charge in [-0.15, -0.1) is 11.3 Å². The lowest BCUT2D eigenvalue weighted by Gasteiger charge is -2.26. The van der Waals surface area contributed by atoms with Gasteiger partial charge in [0.15, 0.2) is 0 Å². The third kappa shape index (κ3) is 2.46. The quantitative estimate of drug-likeness (QED) is 0.685. The molecular weight excluding hydrogens is 293 g/mol. The highest BCUT2D eigenvalue weighted by atomic mass is 32.1. The zero-order chi connectivity index (χ0) is 15.0. The maximum absolute atomic E-state index is 12.7. The van der Waals surface area contributed by atoms with Gasteiger partial charge in [-0.05, 0) is 43.0 Å². The number of rotatable bonds is 3. The van der Waals surface area contributed by atoms with Gasteiger partial charge in [0.25, 0.3) is 0 Å². The van der Waals surface area contributed by atoms with Crippen molar-refractivity contribution in [2.24, 2.45) is 5.92 Å². The summed E-state index contributed by atoms with van der Waals surface area (Å²) in [4.78, 5) is 15.5. The van der Waals surface area contributed by atoms with Crippen molar-refractivity contribution in [1.82, 2.24) is 4.98 Å². The highest BCUT2D eigenvalue weighted by Crippen LogP contribution is 2.43. The first-order valence-electron chi connectivity index (χ1n) is 6.98. The third-order valence-corrected chi connectivity index (χ3v) is 5.20. The van der Waals surface area contributed by atoms with E-state index in [0.717, 1.165) is 25.7 Å². The van der Waals surface area contributed by atoms with Crippen molar-refractivity contribution < 1.29 is 9.31 Å². The van der Waals surface area contributed by atoms with Crippen LogP contribution in [0.1, 0.15) is 37.3 Å². The number of nitrogens with two attached hydrogens (primary N) is 1. The summed E-state index contributed by atoms with van der Waals surface area (Å²) in [6.45, 7) is -0.312. The smallest absolute Gasteiger partial charge is 0.315 e. The number of hydrogen-bond donors (Lipinski definition) is 1. The summed E-state index contributed by atoms with van der Waals surface area (Å²) in [6, 6.07) is 1.83.